The monoisotopic (exact) mass is 363 g/mol. The lowest BCUT2D eigenvalue weighted by Gasteiger charge is -2.47. The van der Waals surface area contributed by atoms with Gasteiger partial charge in [-0.3, -0.25) is 14.5 Å². The number of hydrogen-bond acceptors (Lipinski definition) is 5. The summed E-state index contributed by atoms with van der Waals surface area (Å²) in [6, 6.07) is 1.17. The lowest BCUT2D eigenvalue weighted by Crippen LogP contribution is -2.58. The van der Waals surface area contributed by atoms with Crippen LogP contribution < -0.4 is 0 Å². The second-order valence-corrected chi connectivity index (χ2v) is 8.15. The van der Waals surface area contributed by atoms with E-state index in [-0.39, 0.29) is 6.61 Å². The molecule has 26 heavy (non-hydrogen) atoms. The number of nitrogens with zero attached hydrogens (tertiary/aromatic N) is 5. The zero-order chi connectivity index (χ0) is 18.5. The molecule has 148 valence electrons. The molecule has 2 saturated heterocycles. The molecule has 0 bridgehead atoms. The van der Waals surface area contributed by atoms with E-state index >= 15 is 0 Å². The van der Waals surface area contributed by atoms with Crippen LogP contribution in [0.2, 0.25) is 0 Å². The van der Waals surface area contributed by atoms with Gasteiger partial charge in [0.1, 0.15) is 0 Å². The quantitative estimate of drug-likeness (QED) is 0.797. The number of rotatable bonds is 7. The number of piperidine rings is 1. The Morgan fingerprint density at radius 2 is 1.96 bits per heavy atom. The van der Waals surface area contributed by atoms with E-state index in [4.69, 9.17) is 0 Å². The summed E-state index contributed by atoms with van der Waals surface area (Å²) < 4.78 is 2.13. The molecule has 0 aromatic carbocycles. The molecule has 1 unspecified atom stereocenters. The number of aryl methyl sites for hydroxylation is 1. The molecule has 1 aromatic heterocycles. The maximum absolute atomic E-state index is 9.59. The summed E-state index contributed by atoms with van der Waals surface area (Å²) in [4.78, 5) is 7.70. The van der Waals surface area contributed by atoms with Crippen molar-refractivity contribution < 1.29 is 5.11 Å². The third kappa shape index (κ3) is 4.66. The minimum atomic E-state index is 0.287. The first-order chi connectivity index (χ1) is 12.6. The van der Waals surface area contributed by atoms with Gasteiger partial charge in [-0.15, -0.1) is 0 Å². The molecule has 2 aliphatic heterocycles. The van der Waals surface area contributed by atoms with Gasteiger partial charge in [-0.1, -0.05) is 6.92 Å². The van der Waals surface area contributed by atoms with Crippen LogP contribution in [-0.4, -0.2) is 88.0 Å². The Morgan fingerprint density at radius 1 is 1.19 bits per heavy atom. The van der Waals surface area contributed by atoms with Crippen molar-refractivity contribution >= 4 is 0 Å². The van der Waals surface area contributed by atoms with E-state index in [1.165, 1.54) is 37.2 Å². The fourth-order valence-corrected chi connectivity index (χ4v) is 4.61. The zero-order valence-electron chi connectivity index (χ0n) is 16.9. The molecule has 0 radical (unpaired) electrons. The second kappa shape index (κ2) is 9.31. The fraction of sp³-hybridized carbons (Fsp3) is 0.850. The van der Waals surface area contributed by atoms with Crippen molar-refractivity contribution in [2.75, 3.05) is 46.4 Å². The highest BCUT2D eigenvalue weighted by atomic mass is 16.3. The SMILES string of the molecule is CCCn1ncc(CN2CCN(C3CCN(C)CC3)C(CCO)C2)c1C. The molecule has 2 fully saturated rings. The van der Waals surface area contributed by atoms with Gasteiger partial charge in [0.05, 0.1) is 6.20 Å². The molecule has 6 heteroatoms. The number of piperazine rings is 1. The van der Waals surface area contributed by atoms with Crippen LogP contribution in [0.5, 0.6) is 0 Å². The van der Waals surface area contributed by atoms with Gasteiger partial charge in [-0.2, -0.15) is 5.10 Å². The number of hydrogen-bond donors (Lipinski definition) is 1. The van der Waals surface area contributed by atoms with E-state index in [9.17, 15) is 5.11 Å². The molecule has 1 N–H and O–H groups in total. The highest BCUT2D eigenvalue weighted by Gasteiger charge is 2.33. The Kier molecular flexibility index (Phi) is 7.09. The fourth-order valence-electron chi connectivity index (χ4n) is 4.61. The summed E-state index contributed by atoms with van der Waals surface area (Å²) in [5.41, 5.74) is 2.66. The lowest BCUT2D eigenvalue weighted by atomic mass is 9.98. The van der Waals surface area contributed by atoms with Gasteiger partial charge >= 0.3 is 0 Å². The molecule has 1 aromatic rings. The summed E-state index contributed by atoms with van der Waals surface area (Å²) in [6.07, 6.45) is 6.59. The Labute approximate surface area is 158 Å². The van der Waals surface area contributed by atoms with Crippen molar-refractivity contribution in [2.24, 2.45) is 0 Å². The lowest BCUT2D eigenvalue weighted by molar-refractivity contribution is 0.00593. The smallest absolute Gasteiger partial charge is 0.0537 e. The van der Waals surface area contributed by atoms with Gasteiger partial charge in [0, 0.05) is 62.7 Å². The summed E-state index contributed by atoms with van der Waals surface area (Å²) in [7, 11) is 2.22. The minimum absolute atomic E-state index is 0.287. The third-order valence-corrected chi connectivity index (χ3v) is 6.27. The summed E-state index contributed by atoms with van der Waals surface area (Å²) in [5.74, 6) is 0. The van der Waals surface area contributed by atoms with Crippen molar-refractivity contribution in [3.63, 3.8) is 0 Å². The summed E-state index contributed by atoms with van der Waals surface area (Å²) in [5, 5.41) is 14.1. The van der Waals surface area contributed by atoms with Crippen molar-refractivity contribution in [1.29, 1.82) is 0 Å². The van der Waals surface area contributed by atoms with Crippen LogP contribution in [0.3, 0.4) is 0 Å². The zero-order valence-corrected chi connectivity index (χ0v) is 16.9. The van der Waals surface area contributed by atoms with Crippen LogP contribution in [0.1, 0.15) is 43.9 Å². The first kappa shape index (κ1) is 19.8. The van der Waals surface area contributed by atoms with Crippen LogP contribution in [0.15, 0.2) is 6.20 Å². The second-order valence-electron chi connectivity index (χ2n) is 8.15. The van der Waals surface area contributed by atoms with Gasteiger partial charge < -0.3 is 10.0 Å². The van der Waals surface area contributed by atoms with Crippen molar-refractivity contribution in [2.45, 2.75) is 64.7 Å². The molecule has 3 rings (SSSR count). The minimum Gasteiger partial charge on any atom is -0.396 e. The Hall–Kier alpha value is -0.950. The Balaban J connectivity index is 1.60. The van der Waals surface area contributed by atoms with Crippen LogP contribution in [0, 0.1) is 6.92 Å². The highest BCUT2D eigenvalue weighted by Crippen LogP contribution is 2.24. The van der Waals surface area contributed by atoms with E-state index in [0.29, 0.717) is 12.1 Å². The van der Waals surface area contributed by atoms with Crippen LogP contribution >= 0.6 is 0 Å². The van der Waals surface area contributed by atoms with E-state index < -0.39 is 0 Å². The van der Waals surface area contributed by atoms with E-state index in [1.54, 1.807) is 0 Å². The maximum atomic E-state index is 9.59. The molecular weight excluding hydrogens is 326 g/mol. The number of likely N-dealkylation sites (tertiary alicyclic amines) is 1. The van der Waals surface area contributed by atoms with Crippen LogP contribution in [-0.2, 0) is 13.1 Å². The standard InChI is InChI=1S/C20H37N5O/c1-4-8-25-17(2)18(14-21-25)15-23-11-12-24(20(16-23)7-13-26)19-5-9-22(3)10-6-19/h14,19-20,26H,4-13,15-16H2,1-3H3. The van der Waals surface area contributed by atoms with Crippen molar-refractivity contribution in [3.05, 3.63) is 17.5 Å². The number of aliphatic hydroxyl groups excluding tert-OH is 1. The average molecular weight is 364 g/mol. The van der Waals surface area contributed by atoms with Gasteiger partial charge in [-0.05, 0) is 52.7 Å². The molecule has 0 amide bonds. The molecule has 0 aliphatic carbocycles. The topological polar surface area (TPSA) is 47.8 Å². The normalized spacial score (nSPS) is 24.4. The molecule has 6 nitrogen and oxygen atoms in total. The first-order valence-corrected chi connectivity index (χ1v) is 10.4. The first-order valence-electron chi connectivity index (χ1n) is 10.4. The van der Waals surface area contributed by atoms with E-state index in [0.717, 1.165) is 45.6 Å². The van der Waals surface area contributed by atoms with Crippen LogP contribution in [0.4, 0.5) is 0 Å². The maximum Gasteiger partial charge on any atom is 0.0537 e. The largest absolute Gasteiger partial charge is 0.396 e. The van der Waals surface area contributed by atoms with Gasteiger partial charge in [0.15, 0.2) is 0 Å². The van der Waals surface area contributed by atoms with Gasteiger partial charge in [0.2, 0.25) is 0 Å². The summed E-state index contributed by atoms with van der Waals surface area (Å²) >= 11 is 0. The van der Waals surface area contributed by atoms with E-state index in [1.807, 2.05) is 0 Å². The predicted molar refractivity (Wildman–Crippen MR) is 105 cm³/mol. The molecule has 1 atom stereocenters. The van der Waals surface area contributed by atoms with E-state index in [2.05, 4.69) is 51.6 Å². The average Bonchev–Trinajstić information content (AvgIpc) is 2.97. The Bertz CT molecular complexity index is 552. The molecule has 0 saturated carbocycles. The molecule has 3 heterocycles. The van der Waals surface area contributed by atoms with Crippen LogP contribution in [0.25, 0.3) is 0 Å². The molecule has 0 spiro atoms. The van der Waals surface area contributed by atoms with Gasteiger partial charge in [0.25, 0.3) is 0 Å². The predicted octanol–water partition coefficient (Wildman–Crippen LogP) is 1.56. The third-order valence-electron chi connectivity index (χ3n) is 6.27. The highest BCUT2D eigenvalue weighted by molar-refractivity contribution is 5.16. The summed E-state index contributed by atoms with van der Waals surface area (Å²) in [6.45, 7) is 12.4. The Morgan fingerprint density at radius 3 is 2.65 bits per heavy atom. The number of aromatic nitrogens is 2. The van der Waals surface area contributed by atoms with Crippen molar-refractivity contribution in [3.8, 4) is 0 Å². The number of aliphatic hydroxyl groups is 1. The van der Waals surface area contributed by atoms with Crippen molar-refractivity contribution in [1.82, 2.24) is 24.5 Å². The molecular formula is C20H37N5O. The van der Waals surface area contributed by atoms with Gasteiger partial charge in [-0.25, -0.2) is 0 Å². The molecule has 2 aliphatic rings.